The molecule has 0 aliphatic carbocycles. The van der Waals surface area contributed by atoms with E-state index in [1.54, 1.807) is 0 Å². The van der Waals surface area contributed by atoms with Crippen LogP contribution in [0.3, 0.4) is 0 Å². The number of benzene rings is 4. The molecule has 0 aliphatic heterocycles. The molecule has 0 saturated heterocycles. The number of aryl methyl sites for hydroxylation is 2. The highest BCUT2D eigenvalue weighted by Gasteiger charge is 2.20. The molecule has 132 valence electrons. The summed E-state index contributed by atoms with van der Waals surface area (Å²) in [7, 11) is 0. The monoisotopic (exact) mass is 358 g/mol. The molecule has 0 saturated carbocycles. The van der Waals surface area contributed by atoms with Crippen molar-refractivity contribution in [3.8, 4) is 0 Å². The minimum atomic E-state index is 1.27. The maximum Gasteiger partial charge on any atom is 0.0783 e. The van der Waals surface area contributed by atoms with Gasteiger partial charge >= 0.3 is 0 Å². The maximum atomic E-state index is 2.47. The van der Waals surface area contributed by atoms with Gasteiger partial charge in [-0.1, -0.05) is 47.5 Å². The van der Waals surface area contributed by atoms with Crippen molar-refractivity contribution in [2.24, 2.45) is 0 Å². The number of rotatable bonds is 0. The molecule has 0 fully saturated rings. The highest BCUT2D eigenvalue weighted by molar-refractivity contribution is 6.21. The Balaban J connectivity index is 1.95. The van der Waals surface area contributed by atoms with Crippen LogP contribution >= 0.6 is 0 Å². The van der Waals surface area contributed by atoms with Gasteiger partial charge in [0.15, 0.2) is 0 Å². The number of nitrogens with zero attached hydrogens (tertiary/aromatic N) is 2. The molecule has 0 bridgehead atoms. The van der Waals surface area contributed by atoms with Gasteiger partial charge in [-0.3, -0.25) is 0 Å². The van der Waals surface area contributed by atoms with Gasteiger partial charge in [0.25, 0.3) is 0 Å². The van der Waals surface area contributed by atoms with E-state index >= 15 is 0 Å². The van der Waals surface area contributed by atoms with E-state index in [4.69, 9.17) is 0 Å². The normalized spacial score (nSPS) is 12.6. The van der Waals surface area contributed by atoms with Gasteiger partial charge in [-0.05, 0) is 50.2 Å². The number of aromatic nitrogens is 2. The first-order chi connectivity index (χ1) is 13.7. The Hall–Kier alpha value is -3.52. The number of hydrogen-bond acceptors (Lipinski definition) is 0. The van der Waals surface area contributed by atoms with E-state index in [9.17, 15) is 0 Å². The molecule has 2 heteroatoms. The molecule has 7 rings (SSSR count). The molecule has 7 aromatic rings. The average molecular weight is 358 g/mol. The zero-order chi connectivity index (χ0) is 18.6. The summed E-state index contributed by atoms with van der Waals surface area (Å²) in [5.41, 5.74) is 10.3. The van der Waals surface area contributed by atoms with E-state index in [2.05, 4.69) is 95.4 Å². The van der Waals surface area contributed by atoms with Crippen molar-refractivity contribution in [2.45, 2.75) is 13.8 Å². The standard InChI is InChI=1S/C26H18N2/c1-15-9-11-21-19(13-15)17-5-3-7-23-25(17)27(21)24-8-4-6-18-20-14-16(2)10-12-22(20)28(23)26(18)24/h3-14H,1-2H3. The molecule has 28 heavy (non-hydrogen) atoms. The Kier molecular flexibility index (Phi) is 2.42. The minimum absolute atomic E-state index is 1.27. The van der Waals surface area contributed by atoms with E-state index in [-0.39, 0.29) is 0 Å². The predicted molar refractivity (Wildman–Crippen MR) is 119 cm³/mol. The SMILES string of the molecule is Cc1ccc2c(c1)c1cccc3c1n2c1cccc2c4cc(C)ccc4n3c21. The third-order valence-electron chi connectivity index (χ3n) is 6.32. The topological polar surface area (TPSA) is 8.82 Å². The lowest BCUT2D eigenvalue weighted by Crippen LogP contribution is -1.96. The Morgan fingerprint density at radius 3 is 1.39 bits per heavy atom. The lowest BCUT2D eigenvalue weighted by Gasteiger charge is -2.11. The third kappa shape index (κ3) is 1.52. The fraction of sp³-hybridized carbons (Fsp3) is 0.0769. The van der Waals surface area contributed by atoms with Crippen molar-refractivity contribution in [2.75, 3.05) is 0 Å². The van der Waals surface area contributed by atoms with Gasteiger partial charge < -0.3 is 8.80 Å². The van der Waals surface area contributed by atoms with E-state index in [1.807, 2.05) is 0 Å². The van der Waals surface area contributed by atoms with Crippen LogP contribution in [0.25, 0.3) is 54.6 Å². The van der Waals surface area contributed by atoms with Crippen LogP contribution in [0.5, 0.6) is 0 Å². The van der Waals surface area contributed by atoms with E-state index < -0.39 is 0 Å². The number of hydrogen-bond donors (Lipinski definition) is 0. The van der Waals surface area contributed by atoms with Crippen LogP contribution in [0.2, 0.25) is 0 Å². The quantitative estimate of drug-likeness (QED) is 0.262. The first kappa shape index (κ1) is 14.5. The molecule has 0 amide bonds. The summed E-state index contributed by atoms with van der Waals surface area (Å²) in [6, 6.07) is 27.1. The lowest BCUT2D eigenvalue weighted by molar-refractivity contribution is 1.25. The second kappa shape index (κ2) is 4.66. The predicted octanol–water partition coefficient (Wildman–Crippen LogP) is 6.86. The highest BCUT2D eigenvalue weighted by atomic mass is 15.0. The Bertz CT molecular complexity index is 1600. The average Bonchev–Trinajstić information content (AvgIpc) is 3.21. The zero-order valence-electron chi connectivity index (χ0n) is 15.8. The zero-order valence-corrected chi connectivity index (χ0v) is 15.8. The van der Waals surface area contributed by atoms with Crippen molar-refractivity contribution in [1.29, 1.82) is 0 Å². The third-order valence-corrected chi connectivity index (χ3v) is 6.32. The van der Waals surface area contributed by atoms with Gasteiger partial charge in [-0.2, -0.15) is 0 Å². The first-order valence-electron chi connectivity index (χ1n) is 9.81. The fourth-order valence-corrected chi connectivity index (χ4v) is 5.19. The summed E-state index contributed by atoms with van der Waals surface area (Å²) in [6.45, 7) is 4.35. The Morgan fingerprint density at radius 1 is 0.464 bits per heavy atom. The summed E-state index contributed by atoms with van der Waals surface area (Å²) >= 11 is 0. The second-order valence-electron chi connectivity index (χ2n) is 8.06. The molecule has 0 aliphatic rings. The smallest absolute Gasteiger partial charge is 0.0783 e. The summed E-state index contributed by atoms with van der Waals surface area (Å²) in [6.07, 6.45) is 0. The van der Waals surface area contributed by atoms with Crippen LogP contribution in [0.4, 0.5) is 0 Å². The number of fused-ring (bicyclic) bond motifs is 8. The highest BCUT2D eigenvalue weighted by Crippen LogP contribution is 2.40. The largest absolute Gasteiger partial charge is 0.305 e. The molecular weight excluding hydrogens is 340 g/mol. The van der Waals surface area contributed by atoms with Gasteiger partial charge in [-0.15, -0.1) is 0 Å². The Labute approximate surface area is 161 Å². The molecule has 0 radical (unpaired) electrons. The van der Waals surface area contributed by atoms with Crippen LogP contribution < -0.4 is 0 Å². The van der Waals surface area contributed by atoms with Gasteiger partial charge in [0.1, 0.15) is 0 Å². The second-order valence-corrected chi connectivity index (χ2v) is 8.06. The van der Waals surface area contributed by atoms with Crippen LogP contribution in [0, 0.1) is 13.8 Å². The summed E-state index contributed by atoms with van der Waals surface area (Å²) < 4.78 is 4.93. The molecule has 0 N–H and O–H groups in total. The van der Waals surface area contributed by atoms with Gasteiger partial charge in [0.2, 0.25) is 0 Å². The molecule has 2 nitrogen and oxygen atoms in total. The fourth-order valence-electron chi connectivity index (χ4n) is 5.19. The van der Waals surface area contributed by atoms with Crippen LogP contribution in [0.1, 0.15) is 11.1 Å². The minimum Gasteiger partial charge on any atom is -0.305 e. The Morgan fingerprint density at radius 2 is 0.929 bits per heavy atom. The molecule has 3 heterocycles. The molecule has 0 atom stereocenters. The molecule has 0 unspecified atom stereocenters. The van der Waals surface area contributed by atoms with Crippen LogP contribution in [0.15, 0.2) is 72.8 Å². The lowest BCUT2D eigenvalue weighted by atomic mass is 10.1. The van der Waals surface area contributed by atoms with E-state index in [0.29, 0.717) is 0 Å². The number of para-hydroxylation sites is 2. The first-order valence-corrected chi connectivity index (χ1v) is 9.81. The molecule has 4 aromatic carbocycles. The summed E-state index contributed by atoms with van der Waals surface area (Å²) in [4.78, 5) is 0. The molecular formula is C26H18N2. The van der Waals surface area contributed by atoms with Crippen molar-refractivity contribution in [3.63, 3.8) is 0 Å². The molecule has 0 spiro atoms. The van der Waals surface area contributed by atoms with Gasteiger partial charge in [0, 0.05) is 21.5 Å². The van der Waals surface area contributed by atoms with E-state index in [0.717, 1.165) is 0 Å². The van der Waals surface area contributed by atoms with Gasteiger partial charge in [0.05, 0.1) is 33.1 Å². The van der Waals surface area contributed by atoms with Crippen molar-refractivity contribution >= 4 is 54.6 Å². The van der Waals surface area contributed by atoms with E-state index in [1.165, 1.54) is 65.8 Å². The van der Waals surface area contributed by atoms with Crippen molar-refractivity contribution < 1.29 is 0 Å². The van der Waals surface area contributed by atoms with Crippen LogP contribution in [-0.2, 0) is 0 Å². The van der Waals surface area contributed by atoms with Crippen molar-refractivity contribution in [1.82, 2.24) is 8.80 Å². The van der Waals surface area contributed by atoms with Crippen LogP contribution in [-0.4, -0.2) is 8.80 Å². The summed E-state index contributed by atoms with van der Waals surface area (Å²) in [5, 5.41) is 5.32. The summed E-state index contributed by atoms with van der Waals surface area (Å²) in [5.74, 6) is 0. The maximum absolute atomic E-state index is 2.47. The van der Waals surface area contributed by atoms with Gasteiger partial charge in [-0.25, -0.2) is 0 Å². The van der Waals surface area contributed by atoms with Crippen molar-refractivity contribution in [3.05, 3.63) is 83.9 Å². The molecule has 3 aromatic heterocycles.